The smallest absolute Gasteiger partial charge is 0.161 e. The molecule has 0 aliphatic heterocycles. The number of ether oxygens (including phenoxy) is 1. The van der Waals surface area contributed by atoms with Crippen LogP contribution in [0.5, 0.6) is 5.75 Å². The molecule has 1 aromatic heterocycles. The third-order valence-electron chi connectivity index (χ3n) is 3.49. The van der Waals surface area contributed by atoms with Gasteiger partial charge in [0.25, 0.3) is 0 Å². The van der Waals surface area contributed by atoms with Gasteiger partial charge in [0.1, 0.15) is 0 Å². The van der Waals surface area contributed by atoms with E-state index in [9.17, 15) is 0 Å². The molecule has 1 unspecified atom stereocenters. The third kappa shape index (κ3) is 2.80. The molecule has 0 spiro atoms. The van der Waals surface area contributed by atoms with E-state index in [1.165, 1.54) is 5.69 Å². The van der Waals surface area contributed by atoms with E-state index in [0.29, 0.717) is 12.0 Å². The number of nitrogens with zero attached hydrogens (tertiary/aromatic N) is 2. The van der Waals surface area contributed by atoms with Crippen molar-refractivity contribution in [1.29, 1.82) is 0 Å². The summed E-state index contributed by atoms with van der Waals surface area (Å²) in [5.74, 6) is 1.49. The molecule has 0 fully saturated rings. The second-order valence-corrected chi connectivity index (χ2v) is 4.26. The summed E-state index contributed by atoms with van der Waals surface area (Å²) >= 11 is 0. The maximum Gasteiger partial charge on any atom is 0.161 e. The lowest BCUT2D eigenvalue weighted by molar-refractivity contribution is 0.323. The Balaban J connectivity index is 3.12. The van der Waals surface area contributed by atoms with Crippen molar-refractivity contribution in [2.24, 2.45) is 5.92 Å². The fourth-order valence-electron chi connectivity index (χ4n) is 2.46. The average molecular weight is 239 g/mol. The maximum absolute atomic E-state index is 5.43. The lowest BCUT2D eigenvalue weighted by Crippen LogP contribution is -2.27. The van der Waals surface area contributed by atoms with E-state index in [1.807, 2.05) is 17.9 Å². The summed E-state index contributed by atoms with van der Waals surface area (Å²) in [5, 5.41) is 7.79. The molecule has 1 aromatic rings. The quantitative estimate of drug-likeness (QED) is 0.795. The second kappa shape index (κ2) is 6.64. The minimum atomic E-state index is 0.308. The molecule has 1 heterocycles. The largest absolute Gasteiger partial charge is 0.493 e. The Bertz CT molecular complexity index is 310. The van der Waals surface area contributed by atoms with Crippen molar-refractivity contribution >= 4 is 0 Å². The van der Waals surface area contributed by atoms with Gasteiger partial charge in [-0.1, -0.05) is 26.7 Å². The molecule has 0 aromatic carbocycles. The first-order valence-corrected chi connectivity index (χ1v) is 6.50. The Morgan fingerprint density at radius 2 is 2.00 bits per heavy atom. The van der Waals surface area contributed by atoms with E-state index >= 15 is 0 Å². The molecule has 0 amide bonds. The first-order chi connectivity index (χ1) is 8.23. The normalized spacial score (nSPS) is 13.1. The average Bonchev–Trinajstić information content (AvgIpc) is 2.78. The van der Waals surface area contributed by atoms with Crippen molar-refractivity contribution in [2.45, 2.75) is 46.2 Å². The van der Waals surface area contributed by atoms with Gasteiger partial charge in [0.05, 0.1) is 25.0 Å². The van der Waals surface area contributed by atoms with Crippen LogP contribution < -0.4 is 10.1 Å². The number of hydrogen-bond donors (Lipinski definition) is 1. The van der Waals surface area contributed by atoms with Gasteiger partial charge in [-0.3, -0.25) is 4.68 Å². The van der Waals surface area contributed by atoms with Crippen LogP contribution in [0.3, 0.4) is 0 Å². The van der Waals surface area contributed by atoms with Gasteiger partial charge in [-0.05, 0) is 19.9 Å². The highest BCUT2D eigenvalue weighted by atomic mass is 16.5. The third-order valence-corrected chi connectivity index (χ3v) is 3.49. The van der Waals surface area contributed by atoms with Crippen molar-refractivity contribution in [3.63, 3.8) is 0 Å². The number of hydrogen-bond acceptors (Lipinski definition) is 3. The molecule has 17 heavy (non-hydrogen) atoms. The number of rotatable bonds is 7. The molecule has 0 saturated carbocycles. The van der Waals surface area contributed by atoms with Gasteiger partial charge < -0.3 is 10.1 Å². The van der Waals surface area contributed by atoms with Crippen LogP contribution in [0.1, 0.15) is 45.3 Å². The molecular weight excluding hydrogens is 214 g/mol. The molecule has 0 saturated heterocycles. The zero-order valence-electron chi connectivity index (χ0n) is 11.7. The molecular formula is C13H25N3O. The Hall–Kier alpha value is -1.03. The van der Waals surface area contributed by atoms with Crippen LogP contribution in [-0.2, 0) is 6.54 Å². The Morgan fingerprint density at radius 1 is 1.35 bits per heavy atom. The highest BCUT2D eigenvalue weighted by Crippen LogP contribution is 2.32. The fraction of sp³-hybridized carbons (Fsp3) is 0.769. The topological polar surface area (TPSA) is 39.1 Å². The summed E-state index contributed by atoms with van der Waals surface area (Å²) in [6.07, 6.45) is 4.12. The van der Waals surface area contributed by atoms with Crippen LogP contribution in [-0.4, -0.2) is 23.9 Å². The molecule has 4 heteroatoms. The summed E-state index contributed by atoms with van der Waals surface area (Å²) < 4.78 is 7.45. The van der Waals surface area contributed by atoms with Gasteiger partial charge in [-0.25, -0.2) is 0 Å². The molecule has 0 aliphatic carbocycles. The second-order valence-electron chi connectivity index (χ2n) is 4.26. The van der Waals surface area contributed by atoms with E-state index in [4.69, 9.17) is 4.74 Å². The summed E-state index contributed by atoms with van der Waals surface area (Å²) in [6, 6.07) is 0.308. The maximum atomic E-state index is 5.43. The predicted octanol–water partition coefficient (Wildman–Crippen LogP) is 2.61. The monoisotopic (exact) mass is 239 g/mol. The Labute approximate surface area is 104 Å². The van der Waals surface area contributed by atoms with Crippen LogP contribution >= 0.6 is 0 Å². The first-order valence-electron chi connectivity index (χ1n) is 6.50. The molecule has 1 atom stereocenters. The first kappa shape index (κ1) is 14.0. The van der Waals surface area contributed by atoms with Crippen molar-refractivity contribution in [2.75, 3.05) is 14.2 Å². The van der Waals surface area contributed by atoms with E-state index in [1.54, 1.807) is 7.11 Å². The van der Waals surface area contributed by atoms with Gasteiger partial charge >= 0.3 is 0 Å². The zero-order chi connectivity index (χ0) is 12.8. The van der Waals surface area contributed by atoms with Crippen LogP contribution in [0.15, 0.2) is 6.20 Å². The minimum absolute atomic E-state index is 0.308. The molecule has 4 nitrogen and oxygen atoms in total. The van der Waals surface area contributed by atoms with Crippen LogP contribution in [0.4, 0.5) is 0 Å². The summed E-state index contributed by atoms with van der Waals surface area (Å²) in [4.78, 5) is 0. The van der Waals surface area contributed by atoms with E-state index < -0.39 is 0 Å². The van der Waals surface area contributed by atoms with Crippen molar-refractivity contribution in [3.8, 4) is 5.75 Å². The number of nitrogens with one attached hydrogen (secondary N) is 1. The lowest BCUT2D eigenvalue weighted by Gasteiger charge is -2.26. The molecule has 0 radical (unpaired) electrons. The van der Waals surface area contributed by atoms with Crippen LogP contribution in [0, 0.1) is 5.92 Å². The molecule has 1 N–H and O–H groups in total. The SMILES string of the molecule is CCC(CC)C(NC)c1c(OC)cnn1CC. The molecule has 1 rings (SSSR count). The molecule has 98 valence electrons. The van der Waals surface area contributed by atoms with Crippen LogP contribution in [0.25, 0.3) is 0 Å². The van der Waals surface area contributed by atoms with Crippen LogP contribution in [0.2, 0.25) is 0 Å². The summed E-state index contributed by atoms with van der Waals surface area (Å²) in [6.45, 7) is 7.45. The van der Waals surface area contributed by atoms with Crippen molar-refractivity contribution in [1.82, 2.24) is 15.1 Å². The zero-order valence-corrected chi connectivity index (χ0v) is 11.7. The standard InChI is InChI=1S/C13H25N3O/c1-6-10(7-2)12(14-4)13-11(17-5)9-15-16(13)8-3/h9-10,12,14H,6-8H2,1-5H3. The minimum Gasteiger partial charge on any atom is -0.493 e. The molecule has 0 aliphatic rings. The van der Waals surface area contributed by atoms with Gasteiger partial charge in [-0.15, -0.1) is 0 Å². The highest BCUT2D eigenvalue weighted by Gasteiger charge is 2.25. The number of aromatic nitrogens is 2. The van der Waals surface area contributed by atoms with E-state index in [2.05, 4.69) is 31.2 Å². The Kier molecular flexibility index (Phi) is 5.48. The van der Waals surface area contributed by atoms with Gasteiger partial charge in [0.2, 0.25) is 0 Å². The fourth-order valence-corrected chi connectivity index (χ4v) is 2.46. The van der Waals surface area contributed by atoms with Gasteiger partial charge in [0, 0.05) is 6.54 Å². The van der Waals surface area contributed by atoms with E-state index in [0.717, 1.165) is 25.1 Å². The summed E-state index contributed by atoms with van der Waals surface area (Å²) in [7, 11) is 3.72. The van der Waals surface area contributed by atoms with Gasteiger partial charge in [-0.2, -0.15) is 5.10 Å². The Morgan fingerprint density at radius 3 is 2.41 bits per heavy atom. The van der Waals surface area contributed by atoms with E-state index in [-0.39, 0.29) is 0 Å². The number of methoxy groups -OCH3 is 1. The molecule has 0 bridgehead atoms. The van der Waals surface area contributed by atoms with Crippen molar-refractivity contribution < 1.29 is 4.74 Å². The number of aryl methyl sites for hydroxylation is 1. The summed E-state index contributed by atoms with van der Waals surface area (Å²) in [5.41, 5.74) is 1.17. The highest BCUT2D eigenvalue weighted by molar-refractivity contribution is 5.29. The predicted molar refractivity (Wildman–Crippen MR) is 70.3 cm³/mol. The van der Waals surface area contributed by atoms with Gasteiger partial charge in [0.15, 0.2) is 5.75 Å². The lowest BCUT2D eigenvalue weighted by atomic mass is 9.91. The van der Waals surface area contributed by atoms with Crippen molar-refractivity contribution in [3.05, 3.63) is 11.9 Å².